The van der Waals surface area contributed by atoms with Gasteiger partial charge in [-0.05, 0) is 38.7 Å². The summed E-state index contributed by atoms with van der Waals surface area (Å²) in [6.07, 6.45) is 4.89. The van der Waals surface area contributed by atoms with Crippen LogP contribution in [0.1, 0.15) is 37.1 Å². The molecule has 2 saturated carbocycles. The molecule has 76 valence electrons. The van der Waals surface area contributed by atoms with Gasteiger partial charge >= 0.3 is 0 Å². The third-order valence-electron chi connectivity index (χ3n) is 3.98. The highest BCUT2D eigenvalue weighted by molar-refractivity contribution is 5.37. The molecule has 0 saturated heterocycles. The molecule has 0 aliphatic heterocycles. The Balaban J connectivity index is 2.06. The van der Waals surface area contributed by atoms with Crippen LogP contribution in [0.15, 0.2) is 6.07 Å². The van der Waals surface area contributed by atoms with E-state index in [-0.39, 0.29) is 11.0 Å². The van der Waals surface area contributed by atoms with Crippen molar-refractivity contribution in [3.8, 4) is 0 Å². The van der Waals surface area contributed by atoms with Crippen LogP contribution >= 0.6 is 0 Å². The third-order valence-corrected chi connectivity index (χ3v) is 3.98. The quantitative estimate of drug-likeness (QED) is 0.764. The van der Waals surface area contributed by atoms with Crippen LogP contribution in [0, 0.1) is 6.92 Å². The van der Waals surface area contributed by atoms with Gasteiger partial charge in [-0.2, -0.15) is 5.10 Å². The van der Waals surface area contributed by atoms with Crippen molar-refractivity contribution in [1.29, 1.82) is 0 Å². The monoisotopic (exact) mass is 191 g/mol. The van der Waals surface area contributed by atoms with Crippen LogP contribution in [0.25, 0.3) is 0 Å². The lowest BCUT2D eigenvalue weighted by atomic mass is 9.90. The Morgan fingerprint density at radius 2 is 2.00 bits per heavy atom. The Hall–Kier alpha value is -0.830. The smallest absolute Gasteiger partial charge is 0.0596 e. The van der Waals surface area contributed by atoms with Gasteiger partial charge in [0.2, 0.25) is 0 Å². The van der Waals surface area contributed by atoms with Gasteiger partial charge in [-0.1, -0.05) is 0 Å². The average Bonchev–Trinajstić information content (AvgIpc) is 2.97. The molecule has 0 unspecified atom stereocenters. The normalized spacial score (nSPS) is 26.2. The number of hydrogen-bond acceptors (Lipinski definition) is 2. The molecular formula is C11H17N3. The highest BCUT2D eigenvalue weighted by atomic mass is 15.3. The molecule has 3 nitrogen and oxygen atoms in total. The zero-order chi connectivity index (χ0) is 9.97. The summed E-state index contributed by atoms with van der Waals surface area (Å²) in [7, 11) is 2.04. The Morgan fingerprint density at radius 3 is 2.36 bits per heavy atom. The minimum Gasteiger partial charge on any atom is -0.324 e. The predicted octanol–water partition coefficient (Wildman–Crippen LogP) is 1.25. The molecule has 0 atom stereocenters. The van der Waals surface area contributed by atoms with Gasteiger partial charge in [-0.25, -0.2) is 0 Å². The number of aromatic nitrogens is 2. The molecule has 1 heterocycles. The maximum Gasteiger partial charge on any atom is 0.0596 e. The van der Waals surface area contributed by atoms with E-state index in [0.29, 0.717) is 0 Å². The Bertz CT molecular complexity index is 383. The van der Waals surface area contributed by atoms with E-state index >= 15 is 0 Å². The van der Waals surface area contributed by atoms with Crippen molar-refractivity contribution in [3.05, 3.63) is 17.5 Å². The molecule has 2 aliphatic rings. The van der Waals surface area contributed by atoms with Crippen LogP contribution in [0.4, 0.5) is 0 Å². The summed E-state index contributed by atoms with van der Waals surface area (Å²) in [4.78, 5) is 0. The van der Waals surface area contributed by atoms with E-state index < -0.39 is 0 Å². The zero-order valence-corrected chi connectivity index (χ0v) is 8.88. The van der Waals surface area contributed by atoms with Gasteiger partial charge in [0.05, 0.1) is 5.69 Å². The molecule has 0 spiro atoms. The highest BCUT2D eigenvalue weighted by Gasteiger charge is 2.65. The van der Waals surface area contributed by atoms with Crippen LogP contribution in [-0.4, -0.2) is 15.3 Å². The van der Waals surface area contributed by atoms with Gasteiger partial charge in [-0.15, -0.1) is 0 Å². The van der Waals surface area contributed by atoms with Gasteiger partial charge < -0.3 is 5.73 Å². The van der Waals surface area contributed by atoms with E-state index in [2.05, 4.69) is 18.1 Å². The summed E-state index contributed by atoms with van der Waals surface area (Å²) < 4.78 is 2.02. The molecule has 0 bridgehead atoms. The predicted molar refractivity (Wildman–Crippen MR) is 55.0 cm³/mol. The maximum absolute atomic E-state index is 6.36. The second-order valence-corrected chi connectivity index (χ2v) is 5.03. The van der Waals surface area contributed by atoms with Crippen LogP contribution in [0.3, 0.4) is 0 Å². The summed E-state index contributed by atoms with van der Waals surface area (Å²) in [6.45, 7) is 2.05. The molecule has 1 aromatic rings. The van der Waals surface area contributed by atoms with Gasteiger partial charge in [0.1, 0.15) is 0 Å². The summed E-state index contributed by atoms with van der Waals surface area (Å²) >= 11 is 0. The topological polar surface area (TPSA) is 43.8 Å². The zero-order valence-electron chi connectivity index (χ0n) is 8.88. The average molecular weight is 191 g/mol. The van der Waals surface area contributed by atoms with Crippen molar-refractivity contribution >= 4 is 0 Å². The van der Waals surface area contributed by atoms with Crippen molar-refractivity contribution in [2.75, 3.05) is 0 Å². The second kappa shape index (κ2) is 2.22. The van der Waals surface area contributed by atoms with Gasteiger partial charge in [0, 0.05) is 23.7 Å². The van der Waals surface area contributed by atoms with E-state index in [0.717, 1.165) is 5.69 Å². The van der Waals surface area contributed by atoms with Gasteiger partial charge in [-0.3, -0.25) is 4.68 Å². The fourth-order valence-electron chi connectivity index (χ4n) is 2.81. The maximum atomic E-state index is 6.36. The molecule has 2 aliphatic carbocycles. The van der Waals surface area contributed by atoms with Crippen LogP contribution in [0.2, 0.25) is 0 Å². The number of nitrogens with two attached hydrogens (primary N) is 1. The first kappa shape index (κ1) is 8.48. The first-order valence-electron chi connectivity index (χ1n) is 5.37. The van der Waals surface area contributed by atoms with Crippen molar-refractivity contribution in [3.63, 3.8) is 0 Å². The van der Waals surface area contributed by atoms with Crippen LogP contribution < -0.4 is 5.73 Å². The molecule has 3 rings (SSSR count). The van der Waals surface area contributed by atoms with Crippen LogP contribution in [-0.2, 0) is 12.5 Å². The fraction of sp³-hybridized carbons (Fsp3) is 0.727. The Labute approximate surface area is 84.3 Å². The molecule has 2 fully saturated rings. The molecule has 14 heavy (non-hydrogen) atoms. The molecule has 0 amide bonds. The van der Waals surface area contributed by atoms with Crippen molar-refractivity contribution in [1.82, 2.24) is 9.78 Å². The number of nitrogens with zero attached hydrogens (tertiary/aromatic N) is 2. The minimum absolute atomic E-state index is 0.104. The summed E-state index contributed by atoms with van der Waals surface area (Å²) in [5, 5.41) is 4.42. The van der Waals surface area contributed by atoms with E-state index in [1.165, 1.54) is 31.4 Å². The fourth-order valence-corrected chi connectivity index (χ4v) is 2.81. The lowest BCUT2D eigenvalue weighted by molar-refractivity contribution is 0.467. The number of hydrogen-bond donors (Lipinski definition) is 1. The summed E-state index contributed by atoms with van der Waals surface area (Å²) in [5.74, 6) is 0. The van der Waals surface area contributed by atoms with Gasteiger partial charge in [0.25, 0.3) is 0 Å². The van der Waals surface area contributed by atoms with Crippen LogP contribution in [0.5, 0.6) is 0 Å². The van der Waals surface area contributed by atoms with E-state index in [9.17, 15) is 0 Å². The van der Waals surface area contributed by atoms with E-state index in [1.807, 2.05) is 11.7 Å². The molecule has 0 aromatic carbocycles. The second-order valence-electron chi connectivity index (χ2n) is 5.03. The molecule has 3 heteroatoms. The van der Waals surface area contributed by atoms with E-state index in [1.54, 1.807) is 0 Å². The number of aryl methyl sites for hydroxylation is 2. The van der Waals surface area contributed by atoms with Gasteiger partial charge in [0.15, 0.2) is 0 Å². The van der Waals surface area contributed by atoms with Crippen molar-refractivity contribution in [2.24, 2.45) is 12.8 Å². The lowest BCUT2D eigenvalue weighted by Crippen LogP contribution is -2.38. The highest BCUT2D eigenvalue weighted by Crippen LogP contribution is 2.63. The first-order chi connectivity index (χ1) is 6.57. The SMILES string of the molecule is Cc1cc(C2(C3(N)CC3)CC2)n(C)n1. The lowest BCUT2D eigenvalue weighted by Gasteiger charge is -2.22. The first-order valence-corrected chi connectivity index (χ1v) is 5.37. The standard InChI is InChI=1S/C11H17N3/c1-8-7-9(14(2)13-8)10(3-4-10)11(12)5-6-11/h7H,3-6,12H2,1-2H3. The molecule has 0 radical (unpaired) electrons. The van der Waals surface area contributed by atoms with Crippen molar-refractivity contribution < 1.29 is 0 Å². The summed E-state index contributed by atoms with van der Waals surface area (Å²) in [6, 6.07) is 2.21. The third kappa shape index (κ3) is 0.883. The Morgan fingerprint density at radius 1 is 1.36 bits per heavy atom. The molecular weight excluding hydrogens is 174 g/mol. The Kier molecular flexibility index (Phi) is 1.34. The minimum atomic E-state index is 0.104. The molecule has 1 aromatic heterocycles. The van der Waals surface area contributed by atoms with Crippen molar-refractivity contribution in [2.45, 2.75) is 43.6 Å². The van der Waals surface area contributed by atoms with E-state index in [4.69, 9.17) is 5.73 Å². The molecule has 2 N–H and O–H groups in total. The summed E-state index contributed by atoms with van der Waals surface area (Å²) in [5.41, 5.74) is 9.21. The largest absolute Gasteiger partial charge is 0.324 e. The number of rotatable bonds is 2.